The Bertz CT molecular complexity index is 1030. The maximum Gasteiger partial charge on any atom is 0.262 e. The lowest BCUT2D eigenvalue weighted by Crippen LogP contribution is -2.20. The van der Waals surface area contributed by atoms with Gasteiger partial charge in [-0.25, -0.2) is 0 Å². The predicted octanol–water partition coefficient (Wildman–Crippen LogP) is 3.14. The zero-order valence-electron chi connectivity index (χ0n) is 14.9. The maximum absolute atomic E-state index is 12.3. The van der Waals surface area contributed by atoms with Gasteiger partial charge in [0.15, 0.2) is 18.1 Å². The summed E-state index contributed by atoms with van der Waals surface area (Å²) in [7, 11) is 3.04. The second-order valence-corrected chi connectivity index (χ2v) is 5.53. The first-order chi connectivity index (χ1) is 13.2. The van der Waals surface area contributed by atoms with Crippen molar-refractivity contribution in [3.05, 3.63) is 54.2 Å². The number of carbonyl (C=O) groups is 1. The Morgan fingerprint density at radius 1 is 1.11 bits per heavy atom. The van der Waals surface area contributed by atoms with Crippen molar-refractivity contribution < 1.29 is 19.0 Å². The van der Waals surface area contributed by atoms with Crippen molar-refractivity contribution in [3.63, 3.8) is 0 Å². The molecule has 0 spiro atoms. The Kier molecular flexibility index (Phi) is 5.38. The summed E-state index contributed by atoms with van der Waals surface area (Å²) in [6, 6.07) is 13.9. The van der Waals surface area contributed by atoms with Crippen molar-refractivity contribution in [2.45, 2.75) is 0 Å². The molecule has 7 nitrogen and oxygen atoms in total. The van der Waals surface area contributed by atoms with Crippen molar-refractivity contribution in [2.24, 2.45) is 0 Å². The SMILES string of the molecule is COc1cc(C#N)ccc1OCC(=O)Nc1ccc(OC)c2ncccc12. The predicted molar refractivity (Wildman–Crippen MR) is 100 cm³/mol. The molecule has 0 saturated carbocycles. The lowest BCUT2D eigenvalue weighted by atomic mass is 10.1. The van der Waals surface area contributed by atoms with Crippen molar-refractivity contribution in [1.82, 2.24) is 4.98 Å². The van der Waals surface area contributed by atoms with Gasteiger partial charge in [-0.15, -0.1) is 0 Å². The van der Waals surface area contributed by atoms with Crippen LogP contribution in [0.25, 0.3) is 10.9 Å². The van der Waals surface area contributed by atoms with Crippen LogP contribution in [0.1, 0.15) is 5.56 Å². The highest BCUT2D eigenvalue weighted by atomic mass is 16.5. The third kappa shape index (κ3) is 3.90. The van der Waals surface area contributed by atoms with Gasteiger partial charge >= 0.3 is 0 Å². The lowest BCUT2D eigenvalue weighted by Gasteiger charge is -2.13. The number of carbonyl (C=O) groups excluding carboxylic acids is 1. The largest absolute Gasteiger partial charge is 0.494 e. The monoisotopic (exact) mass is 363 g/mol. The van der Waals surface area contributed by atoms with E-state index in [1.165, 1.54) is 7.11 Å². The average molecular weight is 363 g/mol. The van der Waals surface area contributed by atoms with Crippen LogP contribution in [-0.2, 0) is 4.79 Å². The minimum atomic E-state index is -0.336. The number of benzene rings is 2. The second-order valence-electron chi connectivity index (χ2n) is 5.53. The molecule has 2 aromatic carbocycles. The summed E-state index contributed by atoms with van der Waals surface area (Å²) in [5.74, 6) is 1.06. The third-order valence-electron chi connectivity index (χ3n) is 3.88. The van der Waals surface area contributed by atoms with E-state index in [0.29, 0.717) is 34.0 Å². The van der Waals surface area contributed by atoms with Gasteiger partial charge < -0.3 is 19.5 Å². The summed E-state index contributed by atoms with van der Waals surface area (Å²) in [6.45, 7) is -0.212. The van der Waals surface area contributed by atoms with E-state index in [1.54, 1.807) is 49.7 Å². The van der Waals surface area contributed by atoms with Crippen LogP contribution in [0, 0.1) is 11.3 Å². The molecular weight excluding hydrogens is 346 g/mol. The highest BCUT2D eigenvalue weighted by Gasteiger charge is 2.12. The molecule has 27 heavy (non-hydrogen) atoms. The molecule has 3 aromatic rings. The molecule has 1 aromatic heterocycles. The number of fused-ring (bicyclic) bond motifs is 1. The summed E-state index contributed by atoms with van der Waals surface area (Å²) >= 11 is 0. The molecule has 0 aliphatic heterocycles. The molecule has 0 atom stereocenters. The van der Waals surface area contributed by atoms with E-state index in [1.807, 2.05) is 12.1 Å². The van der Waals surface area contributed by atoms with Crippen molar-refractivity contribution in [1.29, 1.82) is 5.26 Å². The Morgan fingerprint density at radius 3 is 2.63 bits per heavy atom. The van der Waals surface area contributed by atoms with Crippen LogP contribution in [0.2, 0.25) is 0 Å². The van der Waals surface area contributed by atoms with Crippen LogP contribution in [0.15, 0.2) is 48.7 Å². The number of pyridine rings is 1. The zero-order valence-corrected chi connectivity index (χ0v) is 14.9. The Hall–Kier alpha value is -3.79. The fourth-order valence-electron chi connectivity index (χ4n) is 2.61. The number of anilines is 1. The number of nitrogens with zero attached hydrogens (tertiary/aromatic N) is 2. The van der Waals surface area contributed by atoms with Crippen LogP contribution in [0.3, 0.4) is 0 Å². The smallest absolute Gasteiger partial charge is 0.262 e. The van der Waals surface area contributed by atoms with E-state index in [2.05, 4.69) is 10.3 Å². The molecule has 0 saturated heterocycles. The van der Waals surface area contributed by atoms with Gasteiger partial charge in [0.1, 0.15) is 11.3 Å². The van der Waals surface area contributed by atoms with Gasteiger partial charge in [0.05, 0.1) is 31.5 Å². The van der Waals surface area contributed by atoms with Gasteiger partial charge in [0, 0.05) is 17.6 Å². The number of nitriles is 1. The molecule has 3 rings (SSSR count). The average Bonchev–Trinajstić information content (AvgIpc) is 2.72. The first kappa shape index (κ1) is 18.0. The molecule has 7 heteroatoms. The van der Waals surface area contributed by atoms with E-state index in [9.17, 15) is 4.79 Å². The second kappa shape index (κ2) is 8.06. The van der Waals surface area contributed by atoms with Crippen LogP contribution in [-0.4, -0.2) is 31.7 Å². The Balaban J connectivity index is 1.74. The summed E-state index contributed by atoms with van der Waals surface area (Å²) in [5, 5.41) is 12.5. The fraction of sp³-hybridized carbons (Fsp3) is 0.150. The summed E-state index contributed by atoms with van der Waals surface area (Å²) in [5.41, 5.74) is 1.72. The molecule has 136 valence electrons. The molecule has 0 aliphatic carbocycles. The molecule has 0 unspecified atom stereocenters. The van der Waals surface area contributed by atoms with Crippen molar-refractivity contribution in [3.8, 4) is 23.3 Å². The fourth-order valence-corrected chi connectivity index (χ4v) is 2.61. The van der Waals surface area contributed by atoms with Gasteiger partial charge in [0.25, 0.3) is 5.91 Å². The van der Waals surface area contributed by atoms with Crippen LogP contribution >= 0.6 is 0 Å². The minimum Gasteiger partial charge on any atom is -0.494 e. The Labute approximate surface area is 156 Å². The minimum absolute atomic E-state index is 0.212. The van der Waals surface area contributed by atoms with Gasteiger partial charge in [-0.2, -0.15) is 5.26 Å². The van der Waals surface area contributed by atoms with E-state index in [0.717, 1.165) is 5.39 Å². The number of methoxy groups -OCH3 is 2. The molecular formula is C20H17N3O4. The number of rotatable bonds is 6. The number of nitrogens with one attached hydrogen (secondary N) is 1. The quantitative estimate of drug-likeness (QED) is 0.723. The van der Waals surface area contributed by atoms with E-state index >= 15 is 0 Å². The van der Waals surface area contributed by atoms with Crippen molar-refractivity contribution >= 4 is 22.5 Å². The Morgan fingerprint density at radius 2 is 1.89 bits per heavy atom. The highest BCUT2D eigenvalue weighted by molar-refractivity contribution is 6.03. The standard InChI is InChI=1S/C20H17N3O4/c1-25-17-8-6-15(14-4-3-9-22-20(14)17)23-19(24)12-27-16-7-5-13(11-21)10-18(16)26-2/h3-10H,12H2,1-2H3,(H,23,24). The molecule has 0 radical (unpaired) electrons. The first-order valence-electron chi connectivity index (χ1n) is 8.08. The number of hydrogen-bond donors (Lipinski definition) is 1. The van der Waals surface area contributed by atoms with Crippen LogP contribution in [0.5, 0.6) is 17.2 Å². The third-order valence-corrected chi connectivity index (χ3v) is 3.88. The number of hydrogen-bond acceptors (Lipinski definition) is 6. The maximum atomic E-state index is 12.3. The molecule has 0 fully saturated rings. The van der Waals surface area contributed by atoms with Crippen LogP contribution in [0.4, 0.5) is 5.69 Å². The molecule has 0 aliphatic rings. The molecule has 1 N–H and O–H groups in total. The number of ether oxygens (including phenoxy) is 3. The number of amides is 1. The summed E-state index contributed by atoms with van der Waals surface area (Å²) in [6.07, 6.45) is 1.66. The lowest BCUT2D eigenvalue weighted by molar-refractivity contribution is -0.118. The van der Waals surface area contributed by atoms with Gasteiger partial charge in [0.2, 0.25) is 0 Å². The van der Waals surface area contributed by atoms with Gasteiger partial charge in [-0.05, 0) is 36.4 Å². The normalized spacial score (nSPS) is 10.1. The van der Waals surface area contributed by atoms with E-state index in [4.69, 9.17) is 19.5 Å². The van der Waals surface area contributed by atoms with E-state index < -0.39 is 0 Å². The summed E-state index contributed by atoms with van der Waals surface area (Å²) < 4.78 is 16.0. The van der Waals surface area contributed by atoms with Crippen LogP contribution < -0.4 is 19.5 Å². The first-order valence-corrected chi connectivity index (χ1v) is 8.08. The molecule has 1 amide bonds. The highest BCUT2D eigenvalue weighted by Crippen LogP contribution is 2.30. The molecule has 0 bridgehead atoms. The molecule has 1 heterocycles. The topological polar surface area (TPSA) is 93.5 Å². The van der Waals surface area contributed by atoms with E-state index in [-0.39, 0.29) is 12.5 Å². The number of aromatic nitrogens is 1. The van der Waals surface area contributed by atoms with Gasteiger partial charge in [-0.3, -0.25) is 9.78 Å². The zero-order chi connectivity index (χ0) is 19.2. The van der Waals surface area contributed by atoms with Gasteiger partial charge in [-0.1, -0.05) is 0 Å². The summed E-state index contributed by atoms with van der Waals surface area (Å²) in [4.78, 5) is 16.6. The van der Waals surface area contributed by atoms with Crippen molar-refractivity contribution in [2.75, 3.05) is 26.1 Å².